The lowest BCUT2D eigenvalue weighted by molar-refractivity contribution is -0.120. The smallest absolute Gasteiger partial charge is 0.234 e. The molecule has 0 radical (unpaired) electrons. The lowest BCUT2D eigenvalue weighted by atomic mass is 10.1. The molecule has 0 unspecified atom stereocenters. The summed E-state index contributed by atoms with van der Waals surface area (Å²) < 4.78 is 0. The van der Waals surface area contributed by atoms with Gasteiger partial charge in [-0.15, -0.1) is 11.3 Å². The van der Waals surface area contributed by atoms with Gasteiger partial charge in [0.05, 0.1) is 11.8 Å². The van der Waals surface area contributed by atoms with Gasteiger partial charge in [0.15, 0.2) is 0 Å². The molecule has 3 rings (SSSR count). The number of benzene rings is 2. The molecule has 3 aromatic rings. The van der Waals surface area contributed by atoms with Gasteiger partial charge in [-0.3, -0.25) is 4.79 Å². The van der Waals surface area contributed by atoms with Gasteiger partial charge in [-0.2, -0.15) is 5.26 Å². The highest BCUT2D eigenvalue weighted by Crippen LogP contribution is 2.28. The third kappa shape index (κ3) is 3.86. The van der Waals surface area contributed by atoms with E-state index in [9.17, 15) is 4.79 Å². The first-order chi connectivity index (χ1) is 11.8. The Kier molecular flexibility index (Phi) is 4.99. The van der Waals surface area contributed by atoms with E-state index in [4.69, 9.17) is 10.2 Å². The molecule has 1 aromatic heterocycles. The van der Waals surface area contributed by atoms with Gasteiger partial charge in [-0.25, -0.2) is 4.98 Å². The molecule has 0 aliphatic rings. The molecule has 0 fully saturated rings. The normalized spacial score (nSPS) is 10.1. The number of hydrogen-bond donors (Lipinski definition) is 1. The second-order valence-electron chi connectivity index (χ2n) is 5.21. The molecule has 0 atom stereocenters. The van der Waals surface area contributed by atoms with Crippen molar-refractivity contribution < 1.29 is 4.79 Å². The molecule has 0 spiro atoms. The maximum atomic E-state index is 11.3. The summed E-state index contributed by atoms with van der Waals surface area (Å²) >= 11 is 1.61. The van der Waals surface area contributed by atoms with E-state index in [-0.39, 0.29) is 12.3 Å². The maximum absolute atomic E-state index is 11.3. The highest BCUT2D eigenvalue weighted by atomic mass is 32.1. The number of nitrogens with zero attached hydrogens (tertiary/aromatic N) is 2. The van der Waals surface area contributed by atoms with Crippen LogP contribution >= 0.6 is 11.3 Å². The van der Waals surface area contributed by atoms with Crippen LogP contribution in [0.4, 0.5) is 0 Å². The number of nitriles is 1. The maximum Gasteiger partial charge on any atom is 0.234 e. The summed E-state index contributed by atoms with van der Waals surface area (Å²) in [7, 11) is 0. The van der Waals surface area contributed by atoms with Crippen molar-refractivity contribution in [2.45, 2.75) is 13.0 Å². The summed E-state index contributed by atoms with van der Waals surface area (Å²) in [5.41, 5.74) is 4.12. The number of carbonyl (C=O) groups excluding carboxylic acids is 1. The molecule has 2 aromatic carbocycles. The second-order valence-corrected chi connectivity index (χ2v) is 6.07. The number of nitrogens with one attached hydrogen (secondary N) is 1. The van der Waals surface area contributed by atoms with Crippen LogP contribution in [0, 0.1) is 11.3 Å². The van der Waals surface area contributed by atoms with E-state index in [1.807, 2.05) is 60.7 Å². The van der Waals surface area contributed by atoms with Crippen LogP contribution in [-0.4, -0.2) is 10.9 Å². The fourth-order valence-electron chi connectivity index (χ4n) is 2.25. The van der Waals surface area contributed by atoms with Crippen molar-refractivity contribution in [1.29, 1.82) is 5.26 Å². The number of thiazole rings is 1. The zero-order chi connectivity index (χ0) is 16.8. The summed E-state index contributed by atoms with van der Waals surface area (Å²) in [4.78, 5) is 16.0. The van der Waals surface area contributed by atoms with Crippen molar-refractivity contribution in [1.82, 2.24) is 10.3 Å². The van der Waals surface area contributed by atoms with Crippen molar-refractivity contribution in [2.24, 2.45) is 0 Å². The largest absolute Gasteiger partial charge is 0.351 e. The molecule has 1 heterocycles. The highest BCUT2D eigenvalue weighted by molar-refractivity contribution is 7.13. The fraction of sp³-hybridized carbons (Fsp3) is 0.105. The van der Waals surface area contributed by atoms with Crippen LogP contribution < -0.4 is 5.32 Å². The summed E-state index contributed by atoms with van der Waals surface area (Å²) in [5.74, 6) is -0.256. The molecule has 0 saturated carbocycles. The average molecular weight is 333 g/mol. The highest BCUT2D eigenvalue weighted by Gasteiger charge is 2.07. The molecule has 0 bridgehead atoms. The number of carbonyl (C=O) groups is 1. The van der Waals surface area contributed by atoms with Crippen molar-refractivity contribution in [3.8, 4) is 27.9 Å². The number of hydrogen-bond acceptors (Lipinski definition) is 4. The van der Waals surface area contributed by atoms with Crippen LogP contribution in [0.15, 0.2) is 60.0 Å². The van der Waals surface area contributed by atoms with Gasteiger partial charge in [0.1, 0.15) is 11.4 Å². The Morgan fingerprint density at radius 3 is 2.54 bits per heavy atom. The monoisotopic (exact) mass is 333 g/mol. The molecule has 5 heteroatoms. The van der Waals surface area contributed by atoms with Crippen LogP contribution in [0.5, 0.6) is 0 Å². The first-order valence-electron chi connectivity index (χ1n) is 7.50. The SMILES string of the molecule is N#CCC(=O)NCc1ccc(-c2nc(-c3ccccc3)cs2)cc1. The van der Waals surface area contributed by atoms with Crippen molar-refractivity contribution in [3.05, 3.63) is 65.5 Å². The summed E-state index contributed by atoms with van der Waals surface area (Å²) in [5, 5.41) is 14.2. The molecule has 118 valence electrons. The Balaban J connectivity index is 1.69. The number of aromatic nitrogens is 1. The Morgan fingerprint density at radius 2 is 1.83 bits per heavy atom. The van der Waals surface area contributed by atoms with Crippen LogP contribution in [0.25, 0.3) is 21.8 Å². The Hall–Kier alpha value is -2.97. The van der Waals surface area contributed by atoms with Gasteiger partial charge in [0.2, 0.25) is 5.91 Å². The Labute approximate surface area is 144 Å². The molecule has 1 N–H and O–H groups in total. The molecule has 0 saturated heterocycles. The van der Waals surface area contributed by atoms with Gasteiger partial charge in [0, 0.05) is 23.1 Å². The van der Waals surface area contributed by atoms with Crippen LogP contribution in [0.3, 0.4) is 0 Å². The van der Waals surface area contributed by atoms with Gasteiger partial charge < -0.3 is 5.32 Å². The lowest BCUT2D eigenvalue weighted by Gasteiger charge is -2.04. The minimum atomic E-state index is -0.256. The second kappa shape index (κ2) is 7.53. The lowest BCUT2D eigenvalue weighted by Crippen LogP contribution is -2.21. The predicted octanol–water partition coefficient (Wildman–Crippen LogP) is 4.01. The van der Waals surface area contributed by atoms with E-state index in [1.54, 1.807) is 11.3 Å². The third-order valence-electron chi connectivity index (χ3n) is 3.50. The Bertz CT molecular complexity index is 864. The minimum Gasteiger partial charge on any atom is -0.351 e. The molecule has 0 aliphatic carbocycles. The predicted molar refractivity (Wildman–Crippen MR) is 95.1 cm³/mol. The van der Waals surface area contributed by atoms with E-state index >= 15 is 0 Å². The molecule has 0 aliphatic heterocycles. The van der Waals surface area contributed by atoms with E-state index in [1.165, 1.54) is 0 Å². The third-order valence-corrected chi connectivity index (χ3v) is 4.40. The Morgan fingerprint density at radius 1 is 1.08 bits per heavy atom. The first kappa shape index (κ1) is 15.9. The minimum absolute atomic E-state index is 0.112. The van der Waals surface area contributed by atoms with E-state index in [2.05, 4.69) is 10.7 Å². The molecular weight excluding hydrogens is 318 g/mol. The molecular formula is C19H15N3OS. The van der Waals surface area contributed by atoms with Crippen molar-refractivity contribution in [3.63, 3.8) is 0 Å². The zero-order valence-electron chi connectivity index (χ0n) is 12.9. The van der Waals surface area contributed by atoms with Crippen LogP contribution in [0.1, 0.15) is 12.0 Å². The van der Waals surface area contributed by atoms with E-state index in [0.717, 1.165) is 27.4 Å². The topological polar surface area (TPSA) is 65.8 Å². The number of rotatable bonds is 5. The van der Waals surface area contributed by atoms with Gasteiger partial charge in [-0.05, 0) is 5.56 Å². The van der Waals surface area contributed by atoms with Gasteiger partial charge >= 0.3 is 0 Å². The molecule has 24 heavy (non-hydrogen) atoms. The average Bonchev–Trinajstić information content (AvgIpc) is 3.12. The quantitative estimate of drug-likeness (QED) is 0.767. The van der Waals surface area contributed by atoms with Gasteiger partial charge in [-0.1, -0.05) is 54.6 Å². The van der Waals surface area contributed by atoms with Gasteiger partial charge in [0.25, 0.3) is 0 Å². The van der Waals surface area contributed by atoms with Crippen LogP contribution in [0.2, 0.25) is 0 Å². The first-order valence-corrected chi connectivity index (χ1v) is 8.38. The van der Waals surface area contributed by atoms with E-state index < -0.39 is 0 Å². The fourth-order valence-corrected chi connectivity index (χ4v) is 3.08. The number of amides is 1. The summed E-state index contributed by atoms with van der Waals surface area (Å²) in [6, 6.07) is 19.9. The van der Waals surface area contributed by atoms with Crippen molar-refractivity contribution >= 4 is 17.2 Å². The molecule has 1 amide bonds. The van der Waals surface area contributed by atoms with Crippen LogP contribution in [-0.2, 0) is 11.3 Å². The standard InChI is InChI=1S/C19H15N3OS/c20-11-10-18(23)21-12-14-6-8-16(9-7-14)19-22-17(13-24-19)15-4-2-1-3-5-15/h1-9,13H,10,12H2,(H,21,23). The van der Waals surface area contributed by atoms with E-state index in [0.29, 0.717) is 6.54 Å². The van der Waals surface area contributed by atoms with Crippen molar-refractivity contribution in [2.75, 3.05) is 0 Å². The summed E-state index contributed by atoms with van der Waals surface area (Å²) in [6.45, 7) is 0.425. The summed E-state index contributed by atoms with van der Waals surface area (Å²) in [6.07, 6.45) is -0.112. The zero-order valence-corrected chi connectivity index (χ0v) is 13.7. The molecule has 4 nitrogen and oxygen atoms in total.